The fourth-order valence-corrected chi connectivity index (χ4v) is 2.23. The Morgan fingerprint density at radius 2 is 2.12 bits per heavy atom. The zero-order valence-corrected chi connectivity index (χ0v) is 11.3. The molecule has 0 unspecified atom stereocenters. The third-order valence-electron chi connectivity index (χ3n) is 2.62. The van der Waals surface area contributed by atoms with Gasteiger partial charge < -0.3 is 4.74 Å². The molecule has 17 heavy (non-hydrogen) atoms. The van der Waals surface area contributed by atoms with E-state index in [9.17, 15) is 4.79 Å². The second-order valence-electron chi connectivity index (χ2n) is 5.16. The van der Waals surface area contributed by atoms with E-state index in [2.05, 4.69) is 12.6 Å². The van der Waals surface area contributed by atoms with Gasteiger partial charge in [-0.05, 0) is 44.9 Å². The van der Waals surface area contributed by atoms with Crippen LogP contribution < -0.4 is 4.90 Å². The maximum absolute atomic E-state index is 12.0. The maximum atomic E-state index is 12.0. The average Bonchev–Trinajstić information content (AvgIpc) is 2.60. The minimum absolute atomic E-state index is 0.282. The third kappa shape index (κ3) is 2.57. The summed E-state index contributed by atoms with van der Waals surface area (Å²) >= 11 is 4.40. The second kappa shape index (κ2) is 4.26. The summed E-state index contributed by atoms with van der Waals surface area (Å²) in [5.41, 5.74) is 1.59. The number of hydrogen-bond acceptors (Lipinski definition) is 3. The molecule has 1 aliphatic rings. The van der Waals surface area contributed by atoms with Crippen LogP contribution in [0.1, 0.15) is 26.3 Å². The highest BCUT2D eigenvalue weighted by Crippen LogP contribution is 2.33. The number of amides is 1. The molecule has 0 aromatic heterocycles. The molecule has 0 saturated carbocycles. The van der Waals surface area contributed by atoms with Crippen LogP contribution in [0.4, 0.5) is 10.5 Å². The topological polar surface area (TPSA) is 29.5 Å². The van der Waals surface area contributed by atoms with E-state index in [0.717, 1.165) is 22.6 Å². The smallest absolute Gasteiger partial charge is 0.414 e. The van der Waals surface area contributed by atoms with E-state index in [-0.39, 0.29) is 6.09 Å². The first-order chi connectivity index (χ1) is 7.88. The fourth-order valence-electron chi connectivity index (χ4n) is 1.92. The molecule has 0 bridgehead atoms. The summed E-state index contributed by atoms with van der Waals surface area (Å²) in [6.45, 7) is 6.28. The number of rotatable bonds is 0. The zero-order valence-electron chi connectivity index (χ0n) is 10.4. The number of carbonyl (C=O) groups is 1. The van der Waals surface area contributed by atoms with Crippen molar-refractivity contribution in [2.45, 2.75) is 37.7 Å². The van der Waals surface area contributed by atoms with Crippen molar-refractivity contribution in [1.29, 1.82) is 0 Å². The van der Waals surface area contributed by atoms with Crippen LogP contribution in [0.3, 0.4) is 0 Å². The Morgan fingerprint density at radius 1 is 1.41 bits per heavy atom. The molecule has 1 heterocycles. The van der Waals surface area contributed by atoms with Crippen molar-refractivity contribution in [3.05, 3.63) is 23.8 Å². The summed E-state index contributed by atoms with van der Waals surface area (Å²) in [5, 5.41) is 0. The molecule has 1 aromatic carbocycles. The first-order valence-corrected chi connectivity index (χ1v) is 6.14. The van der Waals surface area contributed by atoms with Crippen molar-refractivity contribution in [2.24, 2.45) is 0 Å². The minimum atomic E-state index is -0.460. The van der Waals surface area contributed by atoms with Gasteiger partial charge in [-0.25, -0.2) is 4.79 Å². The molecule has 0 N–H and O–H groups in total. The van der Waals surface area contributed by atoms with Gasteiger partial charge in [0.05, 0.1) is 5.69 Å². The Hall–Kier alpha value is -1.16. The molecule has 0 fully saturated rings. The Kier molecular flexibility index (Phi) is 3.08. The first kappa shape index (κ1) is 12.3. The van der Waals surface area contributed by atoms with E-state index in [1.54, 1.807) is 4.90 Å². The number of fused-ring (bicyclic) bond motifs is 1. The number of benzene rings is 1. The minimum Gasteiger partial charge on any atom is -0.443 e. The molecule has 3 nitrogen and oxygen atoms in total. The quantitative estimate of drug-likeness (QED) is 0.717. The Bertz CT molecular complexity index is 451. The van der Waals surface area contributed by atoms with Crippen LogP contribution in [0.25, 0.3) is 0 Å². The van der Waals surface area contributed by atoms with Gasteiger partial charge in [0.1, 0.15) is 5.60 Å². The lowest BCUT2D eigenvalue weighted by atomic mass is 10.2. The summed E-state index contributed by atoms with van der Waals surface area (Å²) in [6.07, 6.45) is 0.559. The van der Waals surface area contributed by atoms with Crippen molar-refractivity contribution in [3.63, 3.8) is 0 Å². The highest BCUT2D eigenvalue weighted by atomic mass is 32.1. The van der Waals surface area contributed by atoms with Crippen molar-refractivity contribution >= 4 is 24.4 Å². The summed E-state index contributed by atoms with van der Waals surface area (Å²) in [7, 11) is 0. The van der Waals surface area contributed by atoms with Crippen LogP contribution in [0.15, 0.2) is 23.1 Å². The van der Waals surface area contributed by atoms with Crippen LogP contribution in [0.5, 0.6) is 0 Å². The number of nitrogens with zero attached hydrogens (tertiary/aromatic N) is 1. The van der Waals surface area contributed by atoms with Gasteiger partial charge >= 0.3 is 6.09 Å². The first-order valence-electron chi connectivity index (χ1n) is 5.70. The predicted octanol–water partition coefficient (Wildman–Crippen LogP) is 3.27. The molecule has 0 saturated heterocycles. The maximum Gasteiger partial charge on any atom is 0.414 e. The van der Waals surface area contributed by atoms with Crippen molar-refractivity contribution in [1.82, 2.24) is 0 Å². The molecule has 4 heteroatoms. The van der Waals surface area contributed by atoms with Gasteiger partial charge in [0, 0.05) is 11.4 Å². The molecule has 1 aliphatic heterocycles. The standard InChI is InChI=1S/C13H17NO2S/c1-13(2,3)16-12(15)14-8-7-9-10(14)5-4-6-11(9)17/h4-6,17H,7-8H2,1-3H3. The van der Waals surface area contributed by atoms with Crippen molar-refractivity contribution in [3.8, 4) is 0 Å². The van der Waals surface area contributed by atoms with Crippen molar-refractivity contribution < 1.29 is 9.53 Å². The van der Waals surface area contributed by atoms with Gasteiger partial charge in [-0.1, -0.05) is 6.07 Å². The van der Waals surface area contributed by atoms with Gasteiger partial charge in [-0.2, -0.15) is 0 Å². The predicted molar refractivity (Wildman–Crippen MR) is 71.0 cm³/mol. The van der Waals surface area contributed by atoms with Gasteiger partial charge in [-0.3, -0.25) is 4.90 Å². The Labute approximate surface area is 107 Å². The molecule has 92 valence electrons. The summed E-state index contributed by atoms with van der Waals surface area (Å²) in [6, 6.07) is 5.79. The molecule has 0 radical (unpaired) electrons. The molecule has 1 amide bonds. The normalized spacial score (nSPS) is 14.7. The van der Waals surface area contributed by atoms with E-state index < -0.39 is 5.60 Å². The molecular formula is C13H17NO2S. The highest BCUT2D eigenvalue weighted by Gasteiger charge is 2.29. The van der Waals surface area contributed by atoms with E-state index >= 15 is 0 Å². The van der Waals surface area contributed by atoms with Crippen LogP contribution >= 0.6 is 12.6 Å². The lowest BCUT2D eigenvalue weighted by molar-refractivity contribution is 0.0584. The molecule has 2 rings (SSSR count). The summed E-state index contributed by atoms with van der Waals surface area (Å²) in [5.74, 6) is 0. The van der Waals surface area contributed by atoms with Crippen LogP contribution in [0, 0.1) is 0 Å². The second-order valence-corrected chi connectivity index (χ2v) is 5.64. The van der Waals surface area contributed by atoms with Gasteiger partial charge in [0.15, 0.2) is 0 Å². The summed E-state index contributed by atoms with van der Waals surface area (Å²) < 4.78 is 5.38. The Morgan fingerprint density at radius 3 is 2.76 bits per heavy atom. The number of hydrogen-bond donors (Lipinski definition) is 1. The lowest BCUT2D eigenvalue weighted by Crippen LogP contribution is -2.35. The van der Waals surface area contributed by atoms with E-state index in [1.165, 1.54) is 0 Å². The van der Waals surface area contributed by atoms with E-state index in [0.29, 0.717) is 6.54 Å². The monoisotopic (exact) mass is 251 g/mol. The van der Waals surface area contributed by atoms with Gasteiger partial charge in [-0.15, -0.1) is 12.6 Å². The van der Waals surface area contributed by atoms with E-state index in [1.807, 2.05) is 39.0 Å². The van der Waals surface area contributed by atoms with Crippen LogP contribution in [-0.4, -0.2) is 18.2 Å². The van der Waals surface area contributed by atoms with E-state index in [4.69, 9.17) is 4.74 Å². The number of carbonyl (C=O) groups excluding carboxylic acids is 1. The molecule has 0 aliphatic carbocycles. The highest BCUT2D eigenvalue weighted by molar-refractivity contribution is 7.80. The number of thiol groups is 1. The lowest BCUT2D eigenvalue weighted by Gasteiger charge is -2.24. The van der Waals surface area contributed by atoms with Crippen molar-refractivity contribution in [2.75, 3.05) is 11.4 Å². The SMILES string of the molecule is CC(C)(C)OC(=O)N1CCc2c(S)cccc21. The average molecular weight is 251 g/mol. The summed E-state index contributed by atoms with van der Waals surface area (Å²) in [4.78, 5) is 14.6. The Balaban J connectivity index is 2.23. The van der Waals surface area contributed by atoms with Gasteiger partial charge in [0.25, 0.3) is 0 Å². The van der Waals surface area contributed by atoms with Crippen LogP contribution in [-0.2, 0) is 11.2 Å². The third-order valence-corrected chi connectivity index (χ3v) is 3.04. The number of anilines is 1. The molecular weight excluding hydrogens is 234 g/mol. The molecule has 0 spiro atoms. The largest absolute Gasteiger partial charge is 0.443 e. The molecule has 1 aromatic rings. The number of ether oxygens (including phenoxy) is 1. The fraction of sp³-hybridized carbons (Fsp3) is 0.462. The molecule has 0 atom stereocenters. The van der Waals surface area contributed by atoms with Gasteiger partial charge in [0.2, 0.25) is 0 Å². The van der Waals surface area contributed by atoms with Crippen LogP contribution in [0.2, 0.25) is 0 Å². The zero-order chi connectivity index (χ0) is 12.6.